The second kappa shape index (κ2) is 21.0. The van der Waals surface area contributed by atoms with Gasteiger partial charge in [-0.3, -0.25) is 0 Å². The maximum absolute atomic E-state index is 6.34. The van der Waals surface area contributed by atoms with E-state index in [0.717, 1.165) is 12.1 Å². The first-order chi connectivity index (χ1) is 20.7. The van der Waals surface area contributed by atoms with Crippen LogP contribution in [0.25, 0.3) is 0 Å². The lowest BCUT2D eigenvalue weighted by Gasteiger charge is -2.48. The highest BCUT2D eigenvalue weighted by molar-refractivity contribution is 6.95. The molecule has 21 heteroatoms. The van der Waals surface area contributed by atoms with E-state index in [2.05, 4.69) is 144 Å². The predicted molar refractivity (Wildman–Crippen MR) is 235 cm³/mol. The second-order valence-corrected chi connectivity index (χ2v) is 55.4. The van der Waals surface area contributed by atoms with Gasteiger partial charge in [0.25, 0.3) is 0 Å². The van der Waals surface area contributed by atoms with Crippen LogP contribution in [-0.2, 0) is 37.0 Å². The Hall–Kier alpha value is 1.98. The topological polar surface area (TPSA) is 83.1 Å². The van der Waals surface area contributed by atoms with Gasteiger partial charge in [0.05, 0.1) is 0 Å². The Bertz CT molecular complexity index is 847. The Balaban J connectivity index is 0. The third-order valence-corrected chi connectivity index (χ3v) is 45.4. The van der Waals surface area contributed by atoms with Crippen molar-refractivity contribution in [1.29, 1.82) is 0 Å². The van der Waals surface area contributed by atoms with Crippen LogP contribution in [0.1, 0.15) is 0 Å². The molecule has 0 bridgehead atoms. The lowest BCUT2D eigenvalue weighted by atomic mass is 10.9. The summed E-state index contributed by atoms with van der Waals surface area (Å²) < 4.78 is 53.8. The summed E-state index contributed by atoms with van der Waals surface area (Å²) in [5, 5.41) is 0. The van der Waals surface area contributed by atoms with Crippen molar-refractivity contribution in [2.24, 2.45) is 0 Å². The zero-order chi connectivity index (χ0) is 37.9. The first-order valence-corrected chi connectivity index (χ1v) is 50.7. The fourth-order valence-electron chi connectivity index (χ4n) is 5.82. The maximum atomic E-state index is 6.34. The van der Waals surface area contributed by atoms with E-state index in [0.29, 0.717) is 0 Å². The van der Waals surface area contributed by atoms with Crippen LogP contribution >= 0.6 is 0 Å². The highest BCUT2D eigenvalue weighted by Crippen LogP contribution is 2.35. The molecule has 47 heavy (non-hydrogen) atoms. The summed E-state index contributed by atoms with van der Waals surface area (Å²) in [4.78, 5) is 0. The molecule has 0 spiro atoms. The van der Waals surface area contributed by atoms with Gasteiger partial charge in [-0.25, -0.2) is 0 Å². The number of rotatable bonds is 10. The molecule has 0 amide bonds. The van der Waals surface area contributed by atoms with Crippen LogP contribution in [0.3, 0.4) is 0 Å². The first-order valence-electron chi connectivity index (χ1n) is 17.5. The molecule has 2 saturated heterocycles. The van der Waals surface area contributed by atoms with Crippen molar-refractivity contribution < 1.29 is 37.0 Å². The quantitative estimate of drug-likeness (QED) is 0.204. The summed E-state index contributed by atoms with van der Waals surface area (Å²) in [6.07, 6.45) is 0. The largest absolute Gasteiger partial charge is 0.461 e. The van der Waals surface area contributed by atoms with E-state index in [9.17, 15) is 0 Å². The molecule has 9 nitrogen and oxygen atoms in total. The highest BCUT2D eigenvalue weighted by Gasteiger charge is 2.53. The molecule has 0 aromatic rings. The Morgan fingerprint density at radius 1 is 0.511 bits per heavy atom. The molecule has 0 radical (unpaired) electrons. The van der Waals surface area contributed by atoms with Gasteiger partial charge in [0.1, 0.15) is 0 Å². The summed E-state index contributed by atoms with van der Waals surface area (Å²) in [6, 6.07) is 2.18. The van der Waals surface area contributed by atoms with Gasteiger partial charge < -0.3 is 37.0 Å². The molecule has 0 unspecified atom stereocenters. The van der Waals surface area contributed by atoms with Gasteiger partial charge in [-0.1, -0.05) is 5.70 Å². The lowest BCUT2D eigenvalue weighted by molar-refractivity contribution is 0.232. The molecule has 2 rings (SSSR count). The monoisotopic (exact) mass is 870 g/mol. The Labute approximate surface area is 308 Å². The maximum Gasteiger partial charge on any atom is 0.343 e. The van der Waals surface area contributed by atoms with Crippen LogP contribution in [0, 0.1) is 0 Å². The van der Waals surface area contributed by atoms with E-state index in [1.807, 2.05) is 12.2 Å². The minimum Gasteiger partial charge on any atom is -0.461 e. The summed E-state index contributed by atoms with van der Waals surface area (Å²) in [6.45, 7) is 51.8. The molecule has 2 aliphatic heterocycles. The van der Waals surface area contributed by atoms with Crippen LogP contribution in [0.4, 0.5) is 0 Å². The van der Waals surface area contributed by atoms with Crippen LogP contribution in [0.5, 0.6) is 0 Å². The average Bonchev–Trinajstić information content (AvgIpc) is 2.71. The predicted octanol–water partition coefficient (Wildman–Crippen LogP) is 7.92. The Morgan fingerprint density at radius 2 is 0.809 bits per heavy atom. The molecule has 2 fully saturated rings. The van der Waals surface area contributed by atoms with Gasteiger partial charge in [0, 0.05) is 0 Å². The zero-order valence-corrected chi connectivity index (χ0v) is 47.5. The Morgan fingerprint density at radius 3 is 1.04 bits per heavy atom. The number of hydrogen-bond acceptors (Lipinski definition) is 9. The highest BCUT2D eigenvalue weighted by atomic mass is 28.5. The Kier molecular flexibility index (Phi) is 22.9. The van der Waals surface area contributed by atoms with Gasteiger partial charge >= 0.3 is 51.4 Å². The fourth-order valence-corrected chi connectivity index (χ4v) is 54.7. The normalized spacial score (nSPS) is 22.1. The minimum atomic E-state index is -2.12. The summed E-state index contributed by atoms with van der Waals surface area (Å²) in [7, 11) is -17.3. The van der Waals surface area contributed by atoms with E-state index in [4.69, 9.17) is 37.0 Å². The van der Waals surface area contributed by atoms with Crippen molar-refractivity contribution >= 4 is 105 Å². The molecule has 0 aromatic carbocycles. The van der Waals surface area contributed by atoms with Crippen LogP contribution in [0.15, 0.2) is 12.3 Å². The first kappa shape index (κ1) is 51.1. The third-order valence-electron chi connectivity index (χ3n) is 6.00. The van der Waals surface area contributed by atoms with Gasteiger partial charge in [0.2, 0.25) is 0 Å². The van der Waals surface area contributed by atoms with Crippen LogP contribution < -0.4 is 0 Å². The van der Waals surface area contributed by atoms with Crippen molar-refractivity contribution in [2.45, 2.75) is 156 Å². The molecule has 0 N–H and O–H groups in total. The van der Waals surface area contributed by atoms with Gasteiger partial charge in [0.15, 0.2) is 53.5 Å². The van der Waals surface area contributed by atoms with E-state index in [-0.39, 0.29) is 0 Å². The van der Waals surface area contributed by atoms with Gasteiger partial charge in [-0.15, -0.1) is 6.58 Å². The van der Waals surface area contributed by atoms with E-state index in [1.54, 1.807) is 0 Å². The molecule has 0 aliphatic carbocycles. The summed E-state index contributed by atoms with van der Waals surface area (Å²) >= 11 is 0. The molecule has 284 valence electrons. The van der Waals surface area contributed by atoms with E-state index in [1.165, 1.54) is 0 Å². The minimum absolute atomic E-state index is 0.667. The molecule has 0 saturated carbocycles. The fraction of sp³-hybridized carbons (Fsp3) is 0.923. The smallest absolute Gasteiger partial charge is 0.343 e. The summed E-state index contributed by atoms with van der Waals surface area (Å²) in [5.74, 6) is 0. The molecule has 2 heterocycles. The molecule has 0 atom stereocenters. The molecule has 2 aliphatic rings. The molecule has 0 aromatic heterocycles. The average molecular weight is 872 g/mol. The van der Waals surface area contributed by atoms with Crippen LogP contribution in [0.2, 0.25) is 156 Å². The van der Waals surface area contributed by atoms with E-state index >= 15 is 0 Å². The SMILES string of the molecule is C=C[Si]1(C)O[Si](C)(C)O[Si](C)(C)O1.C[SiH](C)O[SiH](C)C.C[SiH](C)O[SiH](C)C.C[SiH](C)O[Si](C)(C)CC[Si]1(C)O[Si](C)(C)O[Si](C)(C)O1. The van der Waals surface area contributed by atoms with Gasteiger partial charge in [-0.2, -0.15) is 0 Å². The van der Waals surface area contributed by atoms with Crippen molar-refractivity contribution in [3.63, 3.8) is 0 Å². The zero-order valence-electron chi connectivity index (χ0n) is 34.8. The molecular formula is C26H78O9Si12. The van der Waals surface area contributed by atoms with Crippen molar-refractivity contribution in [3.8, 4) is 0 Å². The van der Waals surface area contributed by atoms with Crippen LogP contribution in [-0.4, -0.2) is 105 Å². The summed E-state index contributed by atoms with van der Waals surface area (Å²) in [5.41, 5.74) is 1.85. The van der Waals surface area contributed by atoms with Crippen molar-refractivity contribution in [1.82, 2.24) is 0 Å². The standard InChI is InChI=1S/C11H32O4Si5.C7H18O3Si3.2C4H14OSi2/c1-16(2)12-17(3,4)10-11-20(9)14-18(5,6)13-19(7,8)15-20;1-7-13(6)9-11(2,3)8-12(4,5)10-13;2*1-6(2)5-7(3)4/h16H,10-11H2,1-9H3;7H,1H2,2-6H3;2*6-7H,1-4H3. The van der Waals surface area contributed by atoms with E-state index < -0.39 is 105 Å². The van der Waals surface area contributed by atoms with Crippen molar-refractivity contribution in [2.75, 3.05) is 0 Å². The van der Waals surface area contributed by atoms with Crippen molar-refractivity contribution in [3.05, 3.63) is 12.3 Å². The van der Waals surface area contributed by atoms with Gasteiger partial charge in [-0.05, 0) is 156 Å². The molecular weight excluding hydrogens is 793 g/mol. The third kappa shape index (κ3) is 27.3. The number of hydrogen-bond donors (Lipinski definition) is 0. The lowest BCUT2D eigenvalue weighted by Crippen LogP contribution is -2.65. The second-order valence-electron chi connectivity index (χ2n) is 16.5.